The summed E-state index contributed by atoms with van der Waals surface area (Å²) >= 11 is 0. The van der Waals surface area contributed by atoms with Crippen molar-refractivity contribution in [1.82, 2.24) is 0 Å². The molecule has 0 bridgehead atoms. The molecule has 0 aromatic heterocycles. The second-order valence-electron chi connectivity index (χ2n) is 5.19. The molecule has 6 heteroatoms. The van der Waals surface area contributed by atoms with Crippen molar-refractivity contribution >= 4 is 15.7 Å². The van der Waals surface area contributed by atoms with Crippen molar-refractivity contribution in [2.24, 2.45) is 0 Å². The first-order valence-electron chi connectivity index (χ1n) is 6.88. The second kappa shape index (κ2) is 6.37. The number of nitrogens with zero attached hydrogens (tertiary/aromatic N) is 1. The molecule has 0 saturated heterocycles. The van der Waals surface area contributed by atoms with E-state index in [4.69, 9.17) is 0 Å². The Morgan fingerprint density at radius 3 is 2.36 bits per heavy atom. The van der Waals surface area contributed by atoms with Crippen LogP contribution >= 0.6 is 0 Å². The molecule has 0 amide bonds. The van der Waals surface area contributed by atoms with Gasteiger partial charge in [0, 0.05) is 0 Å². The number of benzene rings is 2. The first-order valence-corrected chi connectivity index (χ1v) is 8.32. The van der Waals surface area contributed by atoms with Crippen molar-refractivity contribution in [3.05, 3.63) is 54.1 Å². The maximum Gasteiger partial charge on any atom is 0.268 e. The largest absolute Gasteiger partial charge is 0.507 e. The Morgan fingerprint density at radius 1 is 1.14 bits per heavy atom. The summed E-state index contributed by atoms with van der Waals surface area (Å²) in [5.41, 5.74) is 1.16. The van der Waals surface area contributed by atoms with E-state index in [0.717, 1.165) is 9.87 Å². The van der Waals surface area contributed by atoms with Gasteiger partial charge in [-0.05, 0) is 43.7 Å². The van der Waals surface area contributed by atoms with Crippen molar-refractivity contribution in [1.29, 1.82) is 0 Å². The highest BCUT2D eigenvalue weighted by Gasteiger charge is 2.28. The van der Waals surface area contributed by atoms with Crippen molar-refractivity contribution in [2.45, 2.75) is 24.8 Å². The third-order valence-electron chi connectivity index (χ3n) is 3.16. The number of aliphatic hydroxyl groups excluding tert-OH is 1. The Morgan fingerprint density at radius 2 is 1.77 bits per heavy atom. The normalized spacial score (nSPS) is 12.9. The number of hydrogen-bond donors (Lipinski definition) is 2. The van der Waals surface area contributed by atoms with E-state index in [0.29, 0.717) is 5.69 Å². The van der Waals surface area contributed by atoms with Gasteiger partial charge >= 0.3 is 0 Å². The molecule has 0 aliphatic carbocycles. The van der Waals surface area contributed by atoms with Gasteiger partial charge in [0.2, 0.25) is 0 Å². The lowest BCUT2D eigenvalue weighted by Crippen LogP contribution is -2.36. The number of rotatable bonds is 5. The van der Waals surface area contributed by atoms with Crippen LogP contribution in [0.25, 0.3) is 0 Å². The Hall–Kier alpha value is -2.05. The van der Waals surface area contributed by atoms with Gasteiger partial charge < -0.3 is 10.2 Å². The van der Waals surface area contributed by atoms with E-state index in [-0.39, 0.29) is 17.2 Å². The molecule has 0 aliphatic heterocycles. The number of aliphatic hydroxyl groups is 1. The Balaban J connectivity index is 2.57. The van der Waals surface area contributed by atoms with Crippen LogP contribution in [0.5, 0.6) is 5.75 Å². The molecule has 2 N–H and O–H groups in total. The van der Waals surface area contributed by atoms with E-state index >= 15 is 0 Å². The fraction of sp³-hybridized carbons (Fsp3) is 0.250. The molecule has 2 aromatic rings. The van der Waals surface area contributed by atoms with Gasteiger partial charge in [-0.15, -0.1) is 0 Å². The molecule has 1 atom stereocenters. The summed E-state index contributed by atoms with van der Waals surface area (Å²) in [4.78, 5) is -0.169. The molecular formula is C16H19NO4S. The molecule has 0 fully saturated rings. The summed E-state index contributed by atoms with van der Waals surface area (Å²) in [5, 5.41) is 19.6. The molecule has 0 unspecified atom stereocenters. The molecule has 0 saturated carbocycles. The number of phenolic OH excluding ortho intramolecular Hbond substituents is 1. The van der Waals surface area contributed by atoms with Crippen LogP contribution in [-0.2, 0) is 10.0 Å². The zero-order chi connectivity index (χ0) is 16.3. The fourth-order valence-corrected chi connectivity index (χ4v) is 3.84. The van der Waals surface area contributed by atoms with Gasteiger partial charge in [-0.2, -0.15) is 0 Å². The molecule has 22 heavy (non-hydrogen) atoms. The van der Waals surface area contributed by atoms with E-state index in [9.17, 15) is 18.6 Å². The monoisotopic (exact) mass is 321 g/mol. The lowest BCUT2D eigenvalue weighted by Gasteiger charge is -2.26. The highest BCUT2D eigenvalue weighted by molar-refractivity contribution is 7.93. The molecule has 0 heterocycles. The predicted molar refractivity (Wildman–Crippen MR) is 85.5 cm³/mol. The first-order chi connectivity index (χ1) is 10.3. The maximum absolute atomic E-state index is 12.9. The smallest absolute Gasteiger partial charge is 0.268 e. The Labute approximate surface area is 130 Å². The average Bonchev–Trinajstić information content (AvgIpc) is 2.47. The zero-order valence-electron chi connectivity index (χ0n) is 12.5. The van der Waals surface area contributed by atoms with Crippen molar-refractivity contribution in [2.75, 3.05) is 10.8 Å². The summed E-state index contributed by atoms with van der Waals surface area (Å²) in [6, 6.07) is 12.9. The van der Waals surface area contributed by atoms with Gasteiger partial charge in [-0.25, -0.2) is 8.42 Å². The van der Waals surface area contributed by atoms with Crippen LogP contribution in [0.15, 0.2) is 53.4 Å². The summed E-state index contributed by atoms with van der Waals surface area (Å²) in [6.45, 7) is 3.17. The van der Waals surface area contributed by atoms with E-state index < -0.39 is 16.1 Å². The van der Waals surface area contributed by atoms with Gasteiger partial charge in [0.05, 0.1) is 18.3 Å². The van der Waals surface area contributed by atoms with Crippen LogP contribution in [0.3, 0.4) is 0 Å². The number of sulfonamides is 1. The third-order valence-corrected chi connectivity index (χ3v) is 4.98. The summed E-state index contributed by atoms with van der Waals surface area (Å²) in [6.07, 6.45) is -0.845. The topological polar surface area (TPSA) is 77.8 Å². The van der Waals surface area contributed by atoms with Gasteiger partial charge in [0.25, 0.3) is 10.0 Å². The summed E-state index contributed by atoms with van der Waals surface area (Å²) in [5.74, 6) is -0.308. The molecule has 0 radical (unpaired) electrons. The lowest BCUT2D eigenvalue weighted by molar-refractivity contribution is 0.204. The number of phenols is 1. The number of para-hydroxylation sites is 1. The molecule has 0 spiro atoms. The minimum absolute atomic E-state index is 0.0975. The minimum Gasteiger partial charge on any atom is -0.507 e. The summed E-state index contributed by atoms with van der Waals surface area (Å²) < 4.78 is 26.9. The highest BCUT2D eigenvalue weighted by atomic mass is 32.2. The maximum atomic E-state index is 12.9. The van der Waals surface area contributed by atoms with Gasteiger partial charge in [-0.1, -0.05) is 24.3 Å². The Kier molecular flexibility index (Phi) is 4.73. The SMILES string of the molecule is Cc1ccc(O)c(S(=O)(=O)N(C[C@@H](C)O)c2ccccc2)c1. The van der Waals surface area contributed by atoms with Crippen molar-refractivity contribution in [3.63, 3.8) is 0 Å². The predicted octanol–water partition coefficient (Wildman–Crippen LogP) is 2.28. The van der Waals surface area contributed by atoms with Gasteiger partial charge in [-0.3, -0.25) is 4.31 Å². The third kappa shape index (κ3) is 3.40. The van der Waals surface area contributed by atoms with E-state index in [2.05, 4.69) is 0 Å². The fourth-order valence-electron chi connectivity index (χ4n) is 2.12. The molecular weight excluding hydrogens is 302 g/mol. The van der Waals surface area contributed by atoms with Crippen molar-refractivity contribution < 1.29 is 18.6 Å². The molecule has 2 rings (SSSR count). The molecule has 2 aromatic carbocycles. The van der Waals surface area contributed by atoms with Gasteiger partial charge in [0.1, 0.15) is 10.6 Å². The van der Waals surface area contributed by atoms with Gasteiger partial charge in [0.15, 0.2) is 0 Å². The van der Waals surface area contributed by atoms with Crippen LogP contribution in [0.4, 0.5) is 5.69 Å². The number of aromatic hydroxyl groups is 1. The van der Waals surface area contributed by atoms with Crippen LogP contribution in [-0.4, -0.2) is 31.3 Å². The molecule has 118 valence electrons. The minimum atomic E-state index is -3.98. The van der Waals surface area contributed by atoms with Crippen LogP contribution in [0.1, 0.15) is 12.5 Å². The number of anilines is 1. The van der Waals surface area contributed by atoms with E-state index in [1.54, 1.807) is 43.3 Å². The molecule has 5 nitrogen and oxygen atoms in total. The van der Waals surface area contributed by atoms with E-state index in [1.807, 2.05) is 0 Å². The molecule has 0 aliphatic rings. The first kappa shape index (κ1) is 16.3. The number of aryl methyl sites for hydroxylation is 1. The Bertz CT molecular complexity index is 742. The summed E-state index contributed by atoms with van der Waals surface area (Å²) in [7, 11) is -3.98. The van der Waals surface area contributed by atoms with Crippen molar-refractivity contribution in [3.8, 4) is 5.75 Å². The zero-order valence-corrected chi connectivity index (χ0v) is 13.3. The van der Waals surface area contributed by atoms with Crippen LogP contribution in [0.2, 0.25) is 0 Å². The van der Waals surface area contributed by atoms with E-state index in [1.165, 1.54) is 19.1 Å². The second-order valence-corrected chi connectivity index (χ2v) is 7.02. The average molecular weight is 321 g/mol. The number of hydrogen-bond acceptors (Lipinski definition) is 4. The quantitative estimate of drug-likeness (QED) is 0.885. The van der Waals surface area contributed by atoms with Crippen LogP contribution < -0.4 is 4.31 Å². The van der Waals surface area contributed by atoms with Crippen LogP contribution in [0, 0.1) is 6.92 Å². The standard InChI is InChI=1S/C16H19NO4S/c1-12-8-9-15(19)16(10-12)22(20,21)17(11-13(2)18)14-6-4-3-5-7-14/h3-10,13,18-19H,11H2,1-2H3/t13-/m1/s1. The highest BCUT2D eigenvalue weighted by Crippen LogP contribution is 2.30. The lowest BCUT2D eigenvalue weighted by atomic mass is 10.2.